The highest BCUT2D eigenvalue weighted by Gasteiger charge is 2.15. The molecule has 0 N–H and O–H groups in total. The number of halogens is 2. The van der Waals surface area contributed by atoms with Crippen LogP contribution in [-0.2, 0) is 17.2 Å². The van der Waals surface area contributed by atoms with E-state index in [9.17, 15) is 0 Å². The summed E-state index contributed by atoms with van der Waals surface area (Å²) in [6.07, 6.45) is 0. The molecule has 0 bridgehead atoms. The molecule has 0 aliphatic heterocycles. The van der Waals surface area contributed by atoms with E-state index in [2.05, 4.69) is 10.2 Å². The Balaban J connectivity index is 2.49. The van der Waals surface area contributed by atoms with Gasteiger partial charge in [-0.2, -0.15) is 0 Å². The number of alkyl halides is 1. The molecule has 0 fully saturated rings. The predicted molar refractivity (Wildman–Crippen MR) is 76.6 cm³/mol. The molecule has 0 aliphatic carbocycles. The third-order valence-corrected chi connectivity index (χ3v) is 3.62. The Morgan fingerprint density at radius 3 is 2.79 bits per heavy atom. The standard InChI is InChI=1S/C13H15Cl2N3O/c1-9-10(4-3-5-11(9)15)13-17-16-12(8-14)18(13)6-7-19-2/h3-5H,6-8H2,1-2H3. The first kappa shape index (κ1) is 14.3. The van der Waals surface area contributed by atoms with Gasteiger partial charge >= 0.3 is 0 Å². The topological polar surface area (TPSA) is 39.9 Å². The lowest BCUT2D eigenvalue weighted by atomic mass is 10.1. The maximum Gasteiger partial charge on any atom is 0.164 e. The van der Waals surface area contributed by atoms with Crippen LogP contribution in [0.2, 0.25) is 5.02 Å². The second-order valence-corrected chi connectivity index (χ2v) is 4.80. The smallest absolute Gasteiger partial charge is 0.164 e. The van der Waals surface area contributed by atoms with Gasteiger partial charge in [0.15, 0.2) is 5.82 Å². The van der Waals surface area contributed by atoms with Crippen LogP contribution in [0, 0.1) is 6.92 Å². The maximum absolute atomic E-state index is 6.15. The average Bonchev–Trinajstić information content (AvgIpc) is 2.82. The summed E-state index contributed by atoms with van der Waals surface area (Å²) in [4.78, 5) is 0. The van der Waals surface area contributed by atoms with Gasteiger partial charge in [-0.3, -0.25) is 0 Å². The Bertz CT molecular complexity index is 569. The minimum absolute atomic E-state index is 0.316. The van der Waals surface area contributed by atoms with Crippen LogP contribution in [0.5, 0.6) is 0 Å². The lowest BCUT2D eigenvalue weighted by molar-refractivity contribution is 0.187. The molecular weight excluding hydrogens is 285 g/mol. The Morgan fingerprint density at radius 2 is 2.11 bits per heavy atom. The van der Waals surface area contributed by atoms with E-state index in [4.69, 9.17) is 27.9 Å². The third kappa shape index (κ3) is 2.91. The summed E-state index contributed by atoms with van der Waals surface area (Å²) in [5.41, 5.74) is 1.95. The van der Waals surface area contributed by atoms with Gasteiger partial charge in [-0.1, -0.05) is 23.7 Å². The number of ether oxygens (including phenoxy) is 1. The highest BCUT2D eigenvalue weighted by atomic mass is 35.5. The molecule has 4 nitrogen and oxygen atoms in total. The van der Waals surface area contributed by atoms with Crippen molar-refractivity contribution in [1.82, 2.24) is 14.8 Å². The van der Waals surface area contributed by atoms with Crippen molar-refractivity contribution < 1.29 is 4.74 Å². The fourth-order valence-electron chi connectivity index (χ4n) is 1.90. The van der Waals surface area contributed by atoms with Crippen LogP contribution in [0.4, 0.5) is 0 Å². The van der Waals surface area contributed by atoms with E-state index < -0.39 is 0 Å². The number of hydrogen-bond donors (Lipinski definition) is 0. The van der Waals surface area contributed by atoms with Gasteiger partial charge in [0, 0.05) is 24.2 Å². The summed E-state index contributed by atoms with van der Waals surface area (Å²) < 4.78 is 7.08. The van der Waals surface area contributed by atoms with Crippen LogP contribution in [0.25, 0.3) is 11.4 Å². The molecule has 0 spiro atoms. The van der Waals surface area contributed by atoms with Crippen molar-refractivity contribution in [3.8, 4) is 11.4 Å². The van der Waals surface area contributed by atoms with Crippen molar-refractivity contribution >= 4 is 23.2 Å². The van der Waals surface area contributed by atoms with Crippen LogP contribution in [0.1, 0.15) is 11.4 Å². The predicted octanol–water partition coefficient (Wildman–Crippen LogP) is 3.29. The Morgan fingerprint density at radius 1 is 1.32 bits per heavy atom. The van der Waals surface area contributed by atoms with Gasteiger partial charge in [-0.15, -0.1) is 21.8 Å². The summed E-state index contributed by atoms with van der Waals surface area (Å²) in [5.74, 6) is 1.82. The molecule has 0 saturated carbocycles. The largest absolute Gasteiger partial charge is 0.383 e. The van der Waals surface area contributed by atoms with E-state index in [1.807, 2.05) is 29.7 Å². The lowest BCUT2D eigenvalue weighted by Crippen LogP contribution is -2.09. The van der Waals surface area contributed by atoms with Gasteiger partial charge in [-0.05, 0) is 18.6 Å². The maximum atomic E-state index is 6.15. The van der Waals surface area contributed by atoms with Crippen molar-refractivity contribution in [3.63, 3.8) is 0 Å². The first-order valence-electron chi connectivity index (χ1n) is 5.91. The van der Waals surface area contributed by atoms with Crippen LogP contribution in [0.3, 0.4) is 0 Å². The molecule has 1 aromatic carbocycles. The van der Waals surface area contributed by atoms with Crippen LogP contribution >= 0.6 is 23.2 Å². The van der Waals surface area contributed by atoms with Crippen molar-refractivity contribution in [2.45, 2.75) is 19.3 Å². The van der Waals surface area contributed by atoms with Gasteiger partial charge < -0.3 is 9.30 Å². The molecule has 102 valence electrons. The number of rotatable bonds is 5. The number of methoxy groups -OCH3 is 1. The fourth-order valence-corrected chi connectivity index (χ4v) is 2.27. The van der Waals surface area contributed by atoms with Gasteiger partial charge in [0.1, 0.15) is 5.82 Å². The van der Waals surface area contributed by atoms with Crippen LogP contribution in [-0.4, -0.2) is 28.5 Å². The van der Waals surface area contributed by atoms with Gasteiger partial charge in [0.25, 0.3) is 0 Å². The molecular formula is C13H15Cl2N3O. The summed E-state index contributed by atoms with van der Waals surface area (Å²) in [6, 6.07) is 5.74. The molecule has 19 heavy (non-hydrogen) atoms. The van der Waals surface area contributed by atoms with Crippen molar-refractivity contribution in [3.05, 3.63) is 34.6 Å². The monoisotopic (exact) mass is 299 g/mol. The second-order valence-electron chi connectivity index (χ2n) is 4.13. The average molecular weight is 300 g/mol. The van der Waals surface area contributed by atoms with E-state index in [0.29, 0.717) is 24.1 Å². The van der Waals surface area contributed by atoms with Crippen LogP contribution < -0.4 is 0 Å². The molecule has 1 aromatic heterocycles. The van der Waals surface area contributed by atoms with Crippen molar-refractivity contribution in [2.24, 2.45) is 0 Å². The number of aromatic nitrogens is 3. The molecule has 6 heteroatoms. The molecule has 0 atom stereocenters. The number of nitrogens with zero attached hydrogens (tertiary/aromatic N) is 3. The van der Waals surface area contributed by atoms with Crippen molar-refractivity contribution in [2.75, 3.05) is 13.7 Å². The van der Waals surface area contributed by atoms with E-state index in [1.54, 1.807) is 7.11 Å². The normalized spacial score (nSPS) is 10.9. The summed E-state index contributed by atoms with van der Waals surface area (Å²) in [5, 5.41) is 9.06. The first-order valence-corrected chi connectivity index (χ1v) is 6.82. The first-order chi connectivity index (χ1) is 9.19. The second kappa shape index (κ2) is 6.37. The van der Waals surface area contributed by atoms with E-state index >= 15 is 0 Å². The zero-order valence-electron chi connectivity index (χ0n) is 10.9. The summed E-state index contributed by atoms with van der Waals surface area (Å²) in [6.45, 7) is 3.20. The SMILES string of the molecule is COCCn1c(CCl)nnc1-c1cccc(Cl)c1C. The summed E-state index contributed by atoms with van der Waals surface area (Å²) >= 11 is 12.0. The molecule has 0 amide bonds. The van der Waals surface area contributed by atoms with Crippen molar-refractivity contribution in [1.29, 1.82) is 0 Å². The van der Waals surface area contributed by atoms with Gasteiger partial charge in [-0.25, -0.2) is 0 Å². The number of hydrogen-bond acceptors (Lipinski definition) is 3. The lowest BCUT2D eigenvalue weighted by Gasteiger charge is -2.11. The molecule has 0 aliphatic rings. The molecule has 0 unspecified atom stereocenters. The highest BCUT2D eigenvalue weighted by Crippen LogP contribution is 2.27. The highest BCUT2D eigenvalue weighted by molar-refractivity contribution is 6.31. The summed E-state index contributed by atoms with van der Waals surface area (Å²) in [7, 11) is 1.66. The quantitative estimate of drug-likeness (QED) is 0.795. The fraction of sp³-hybridized carbons (Fsp3) is 0.385. The van der Waals surface area contributed by atoms with E-state index in [0.717, 1.165) is 22.8 Å². The van der Waals surface area contributed by atoms with E-state index in [1.165, 1.54) is 0 Å². The third-order valence-electron chi connectivity index (χ3n) is 2.97. The molecule has 2 aromatic rings. The Kier molecular flexibility index (Phi) is 4.80. The van der Waals surface area contributed by atoms with E-state index in [-0.39, 0.29) is 0 Å². The Labute approximate surface area is 122 Å². The molecule has 0 saturated heterocycles. The zero-order valence-corrected chi connectivity index (χ0v) is 12.4. The van der Waals surface area contributed by atoms with Gasteiger partial charge in [0.2, 0.25) is 0 Å². The zero-order chi connectivity index (χ0) is 13.8. The molecule has 1 heterocycles. The van der Waals surface area contributed by atoms with Crippen LogP contribution in [0.15, 0.2) is 18.2 Å². The minimum atomic E-state index is 0.316. The van der Waals surface area contributed by atoms with Gasteiger partial charge in [0.05, 0.1) is 12.5 Å². The Hall–Kier alpha value is -1.10. The molecule has 2 rings (SSSR count). The minimum Gasteiger partial charge on any atom is -0.383 e. The number of benzene rings is 1. The molecule has 0 radical (unpaired) electrons.